The highest BCUT2D eigenvalue weighted by atomic mass is 35.5. The summed E-state index contributed by atoms with van der Waals surface area (Å²) in [6.07, 6.45) is 1.15. The molecule has 0 radical (unpaired) electrons. The minimum absolute atomic E-state index is 0.156. The van der Waals surface area contributed by atoms with Crippen molar-refractivity contribution in [2.45, 2.75) is 13.5 Å². The lowest BCUT2D eigenvalue weighted by Crippen LogP contribution is -2.29. The molecule has 0 aliphatic heterocycles. The van der Waals surface area contributed by atoms with E-state index in [0.29, 0.717) is 34.3 Å². The Balaban J connectivity index is 1.80. The number of nitrogens with one attached hydrogen (secondary N) is 1. The van der Waals surface area contributed by atoms with E-state index in [-0.39, 0.29) is 12.5 Å². The molecule has 0 bridgehead atoms. The Morgan fingerprint density at radius 3 is 2.26 bits per heavy atom. The predicted molar refractivity (Wildman–Crippen MR) is 124 cm³/mol. The van der Waals surface area contributed by atoms with Crippen molar-refractivity contribution in [3.8, 4) is 5.75 Å². The quantitative estimate of drug-likeness (QED) is 0.517. The fourth-order valence-corrected chi connectivity index (χ4v) is 3.99. The average Bonchev–Trinajstić information content (AvgIpc) is 2.74. The summed E-state index contributed by atoms with van der Waals surface area (Å²) in [6.45, 7) is 2.51. The zero-order chi connectivity index (χ0) is 22.4. The maximum Gasteiger partial charge on any atom is 0.255 e. The Morgan fingerprint density at radius 2 is 1.65 bits per heavy atom. The van der Waals surface area contributed by atoms with Crippen LogP contribution in [0.4, 0.5) is 11.4 Å². The molecule has 0 heterocycles. The molecule has 0 saturated carbocycles. The molecule has 1 amide bonds. The van der Waals surface area contributed by atoms with Crippen LogP contribution in [0.25, 0.3) is 0 Å². The molecule has 0 fully saturated rings. The molecule has 3 aromatic rings. The molecule has 8 heteroatoms. The number of sulfonamides is 1. The van der Waals surface area contributed by atoms with Crippen molar-refractivity contribution in [3.05, 3.63) is 88.9 Å². The van der Waals surface area contributed by atoms with Crippen LogP contribution in [0.3, 0.4) is 0 Å². The first-order chi connectivity index (χ1) is 14.8. The van der Waals surface area contributed by atoms with Crippen molar-refractivity contribution in [2.24, 2.45) is 0 Å². The van der Waals surface area contributed by atoms with Gasteiger partial charge in [-0.05, 0) is 61.0 Å². The van der Waals surface area contributed by atoms with Crippen molar-refractivity contribution in [1.29, 1.82) is 0 Å². The molecular weight excluding hydrogens is 436 g/mol. The van der Waals surface area contributed by atoms with Gasteiger partial charge in [-0.15, -0.1) is 0 Å². The first-order valence-corrected chi connectivity index (χ1v) is 11.9. The molecule has 6 nitrogen and oxygen atoms in total. The van der Waals surface area contributed by atoms with Crippen LogP contribution in [-0.2, 0) is 16.6 Å². The number of nitrogens with zero attached hydrogens (tertiary/aromatic N) is 1. The summed E-state index contributed by atoms with van der Waals surface area (Å²) in [5.74, 6) is 0.267. The standard InChI is InChI=1S/C23H23ClN2O4S/c1-3-30-22-7-5-4-6-21(22)25-23(27)18-10-14-20(15-11-18)26(31(2,28)29)16-17-8-12-19(24)13-9-17/h4-15H,3,16H2,1-2H3,(H,25,27). The van der Waals surface area contributed by atoms with E-state index >= 15 is 0 Å². The maximum absolute atomic E-state index is 12.7. The number of anilines is 2. The average molecular weight is 459 g/mol. The van der Waals surface area contributed by atoms with Crippen LogP contribution in [0.15, 0.2) is 72.8 Å². The number of carbonyl (C=O) groups excluding carboxylic acids is 1. The molecule has 0 aliphatic carbocycles. The van der Waals surface area contributed by atoms with Gasteiger partial charge in [-0.1, -0.05) is 35.9 Å². The summed E-state index contributed by atoms with van der Waals surface area (Å²) in [4.78, 5) is 12.7. The Hall–Kier alpha value is -3.03. The summed E-state index contributed by atoms with van der Waals surface area (Å²) >= 11 is 5.91. The van der Waals surface area contributed by atoms with E-state index in [1.165, 1.54) is 4.31 Å². The highest BCUT2D eigenvalue weighted by molar-refractivity contribution is 7.92. The number of amides is 1. The van der Waals surface area contributed by atoms with E-state index in [4.69, 9.17) is 16.3 Å². The molecule has 31 heavy (non-hydrogen) atoms. The van der Waals surface area contributed by atoms with Gasteiger partial charge in [0.1, 0.15) is 5.75 Å². The van der Waals surface area contributed by atoms with Gasteiger partial charge in [0, 0.05) is 10.6 Å². The molecule has 0 aliphatic rings. The zero-order valence-corrected chi connectivity index (χ0v) is 18.8. The van der Waals surface area contributed by atoms with Crippen molar-refractivity contribution in [2.75, 3.05) is 22.5 Å². The van der Waals surface area contributed by atoms with Gasteiger partial charge in [-0.25, -0.2) is 8.42 Å². The molecule has 0 spiro atoms. The third-order valence-electron chi connectivity index (χ3n) is 4.49. The fraction of sp³-hybridized carbons (Fsp3) is 0.174. The third-order valence-corrected chi connectivity index (χ3v) is 5.88. The highest BCUT2D eigenvalue weighted by Crippen LogP contribution is 2.26. The molecule has 0 unspecified atom stereocenters. The first-order valence-electron chi connectivity index (χ1n) is 9.63. The lowest BCUT2D eigenvalue weighted by Gasteiger charge is -2.23. The predicted octanol–water partition coefficient (Wildman–Crippen LogP) is 4.96. The molecule has 0 saturated heterocycles. The minimum atomic E-state index is -3.54. The van der Waals surface area contributed by atoms with Gasteiger partial charge in [-0.3, -0.25) is 9.10 Å². The van der Waals surface area contributed by atoms with E-state index in [2.05, 4.69) is 5.32 Å². The molecular formula is C23H23ClN2O4S. The number of ether oxygens (including phenoxy) is 1. The minimum Gasteiger partial charge on any atom is -0.492 e. The number of hydrogen-bond acceptors (Lipinski definition) is 4. The molecule has 162 valence electrons. The van der Waals surface area contributed by atoms with Gasteiger partial charge in [0.15, 0.2) is 0 Å². The molecule has 3 rings (SSSR count). The van der Waals surface area contributed by atoms with Gasteiger partial charge < -0.3 is 10.1 Å². The van der Waals surface area contributed by atoms with Gasteiger partial charge in [0.2, 0.25) is 10.0 Å². The Bertz CT molecular complexity index is 1150. The van der Waals surface area contributed by atoms with Crippen LogP contribution < -0.4 is 14.4 Å². The number of benzene rings is 3. The van der Waals surface area contributed by atoms with E-state index in [1.54, 1.807) is 60.7 Å². The van der Waals surface area contributed by atoms with E-state index < -0.39 is 10.0 Å². The zero-order valence-electron chi connectivity index (χ0n) is 17.2. The second-order valence-corrected chi connectivity index (χ2v) is 9.17. The highest BCUT2D eigenvalue weighted by Gasteiger charge is 2.19. The number of carbonyl (C=O) groups is 1. The van der Waals surface area contributed by atoms with Crippen LogP contribution >= 0.6 is 11.6 Å². The molecule has 0 aromatic heterocycles. The molecule has 0 atom stereocenters. The molecule has 3 aromatic carbocycles. The van der Waals surface area contributed by atoms with E-state index in [9.17, 15) is 13.2 Å². The van der Waals surface area contributed by atoms with Crippen LogP contribution in [0.5, 0.6) is 5.75 Å². The van der Waals surface area contributed by atoms with Gasteiger partial charge in [0.25, 0.3) is 5.91 Å². The number of rotatable bonds is 8. The van der Waals surface area contributed by atoms with Crippen molar-refractivity contribution < 1.29 is 17.9 Å². The molecule has 1 N–H and O–H groups in total. The smallest absolute Gasteiger partial charge is 0.255 e. The van der Waals surface area contributed by atoms with Crippen molar-refractivity contribution in [3.63, 3.8) is 0 Å². The largest absolute Gasteiger partial charge is 0.492 e. The van der Waals surface area contributed by atoms with Crippen LogP contribution in [-0.4, -0.2) is 27.2 Å². The third kappa shape index (κ3) is 5.99. The van der Waals surface area contributed by atoms with Crippen LogP contribution in [0.1, 0.15) is 22.8 Å². The summed E-state index contributed by atoms with van der Waals surface area (Å²) < 4.78 is 31.5. The number of hydrogen-bond donors (Lipinski definition) is 1. The second-order valence-electron chi connectivity index (χ2n) is 6.83. The summed E-state index contributed by atoms with van der Waals surface area (Å²) in [7, 11) is -3.54. The summed E-state index contributed by atoms with van der Waals surface area (Å²) in [6, 6.07) is 20.6. The van der Waals surface area contributed by atoms with Crippen molar-refractivity contribution >= 4 is 38.9 Å². The van der Waals surface area contributed by atoms with Crippen molar-refractivity contribution in [1.82, 2.24) is 0 Å². The van der Waals surface area contributed by atoms with E-state index in [1.807, 2.05) is 19.1 Å². The topological polar surface area (TPSA) is 75.7 Å². The number of halogens is 1. The van der Waals surface area contributed by atoms with Crippen LogP contribution in [0, 0.1) is 0 Å². The Kier molecular flexibility index (Phi) is 7.20. The fourth-order valence-electron chi connectivity index (χ4n) is 2.98. The van der Waals surface area contributed by atoms with Gasteiger partial charge >= 0.3 is 0 Å². The second kappa shape index (κ2) is 9.85. The van der Waals surface area contributed by atoms with Gasteiger partial charge in [0.05, 0.1) is 30.8 Å². The van der Waals surface area contributed by atoms with Crippen LogP contribution in [0.2, 0.25) is 5.02 Å². The lowest BCUT2D eigenvalue weighted by molar-refractivity contribution is 0.102. The normalized spacial score (nSPS) is 11.1. The first kappa shape index (κ1) is 22.7. The van der Waals surface area contributed by atoms with Gasteiger partial charge in [-0.2, -0.15) is 0 Å². The SMILES string of the molecule is CCOc1ccccc1NC(=O)c1ccc(N(Cc2ccc(Cl)cc2)S(C)(=O)=O)cc1. The number of para-hydroxylation sites is 2. The summed E-state index contributed by atoms with van der Waals surface area (Å²) in [5, 5.41) is 3.41. The maximum atomic E-state index is 12.7. The van der Waals surface area contributed by atoms with E-state index in [0.717, 1.165) is 11.8 Å². The Labute approximate surface area is 187 Å². The Morgan fingerprint density at radius 1 is 1.00 bits per heavy atom. The lowest BCUT2D eigenvalue weighted by atomic mass is 10.1. The summed E-state index contributed by atoms with van der Waals surface area (Å²) in [5.41, 5.74) is 2.22. The monoisotopic (exact) mass is 458 g/mol.